The van der Waals surface area contributed by atoms with Crippen molar-refractivity contribution in [1.82, 2.24) is 14.8 Å². The zero-order valence-electron chi connectivity index (χ0n) is 12.4. The van der Waals surface area contributed by atoms with Crippen molar-refractivity contribution in [3.63, 3.8) is 0 Å². The van der Waals surface area contributed by atoms with Crippen LogP contribution in [0.5, 0.6) is 0 Å². The van der Waals surface area contributed by atoms with Crippen molar-refractivity contribution < 1.29 is 0 Å². The largest absolute Gasteiger partial charge is 0.357 e. The summed E-state index contributed by atoms with van der Waals surface area (Å²) < 4.78 is 0. The molecule has 0 unspecified atom stereocenters. The summed E-state index contributed by atoms with van der Waals surface area (Å²) in [4.78, 5) is 14.4. The van der Waals surface area contributed by atoms with Crippen LogP contribution in [0.15, 0.2) is 35.5 Å². The molecule has 1 fully saturated rings. The number of aromatic nitrogens is 1. The molecular weight excluding hydrogens is 260 g/mol. The van der Waals surface area contributed by atoms with Gasteiger partial charge in [-0.25, -0.2) is 4.99 Å². The van der Waals surface area contributed by atoms with Crippen LogP contribution in [-0.4, -0.2) is 53.8 Å². The molecule has 108 valence electrons. The molecular formula is C17H20N4. The summed E-state index contributed by atoms with van der Waals surface area (Å²) in [6, 6.07) is 8.42. The van der Waals surface area contributed by atoms with Gasteiger partial charge in [-0.3, -0.25) is 4.98 Å². The number of piperazine rings is 1. The Labute approximate surface area is 125 Å². The molecule has 2 aliphatic heterocycles. The van der Waals surface area contributed by atoms with Gasteiger partial charge in [0.2, 0.25) is 0 Å². The van der Waals surface area contributed by atoms with E-state index >= 15 is 0 Å². The molecule has 21 heavy (non-hydrogen) atoms. The van der Waals surface area contributed by atoms with Gasteiger partial charge in [0.05, 0.1) is 11.4 Å². The average molecular weight is 280 g/mol. The molecule has 0 saturated carbocycles. The summed E-state index contributed by atoms with van der Waals surface area (Å²) in [6.07, 6.45) is 4.00. The molecule has 3 heterocycles. The third-order valence-corrected chi connectivity index (χ3v) is 4.54. The van der Waals surface area contributed by atoms with Crippen LogP contribution in [0.2, 0.25) is 0 Å². The number of hydrogen-bond donors (Lipinski definition) is 0. The van der Waals surface area contributed by atoms with E-state index in [1.807, 2.05) is 6.20 Å². The summed E-state index contributed by atoms with van der Waals surface area (Å²) in [6.45, 7) is 4.42. The van der Waals surface area contributed by atoms with Gasteiger partial charge in [-0.1, -0.05) is 24.3 Å². The van der Waals surface area contributed by atoms with E-state index in [0.717, 1.165) is 50.4 Å². The Kier molecular flexibility index (Phi) is 3.11. The maximum atomic E-state index is 4.98. The first kappa shape index (κ1) is 12.8. The van der Waals surface area contributed by atoms with Crippen LogP contribution in [0.1, 0.15) is 12.1 Å². The lowest BCUT2D eigenvalue weighted by Gasteiger charge is -2.35. The minimum atomic E-state index is 1.01. The summed E-state index contributed by atoms with van der Waals surface area (Å²) in [7, 11) is 2.19. The monoisotopic (exact) mass is 280 g/mol. The van der Waals surface area contributed by atoms with E-state index in [2.05, 4.69) is 46.1 Å². The third kappa shape index (κ3) is 2.29. The fraction of sp³-hybridized carbons (Fsp3) is 0.412. The number of hydrogen-bond acceptors (Lipinski definition) is 4. The van der Waals surface area contributed by atoms with Crippen LogP contribution in [0, 0.1) is 0 Å². The first-order valence-electron chi connectivity index (χ1n) is 7.69. The number of likely N-dealkylation sites (N-methyl/N-ethyl adjacent to an activating group) is 1. The van der Waals surface area contributed by atoms with Gasteiger partial charge >= 0.3 is 0 Å². The highest BCUT2D eigenvalue weighted by atomic mass is 15.3. The van der Waals surface area contributed by atoms with Gasteiger partial charge in [0.25, 0.3) is 0 Å². The Hall–Kier alpha value is -1.94. The maximum Gasteiger partial charge on any atom is 0.105 e. The minimum Gasteiger partial charge on any atom is -0.357 e. The summed E-state index contributed by atoms with van der Waals surface area (Å²) in [5, 5.41) is 2.41. The highest BCUT2D eigenvalue weighted by molar-refractivity contribution is 5.98. The second-order valence-electron chi connectivity index (χ2n) is 5.96. The molecule has 0 radical (unpaired) electrons. The Morgan fingerprint density at radius 1 is 1.00 bits per heavy atom. The van der Waals surface area contributed by atoms with E-state index in [1.54, 1.807) is 0 Å². The molecule has 0 N–H and O–H groups in total. The Balaban J connectivity index is 1.74. The van der Waals surface area contributed by atoms with E-state index in [4.69, 9.17) is 4.99 Å². The molecule has 4 nitrogen and oxygen atoms in total. The van der Waals surface area contributed by atoms with Crippen LogP contribution < -0.4 is 0 Å². The highest BCUT2D eigenvalue weighted by Gasteiger charge is 2.22. The SMILES string of the molecule is CN1CCN(C2=Nc3c(ncc4ccccc34)CC2)CC1. The molecule has 0 atom stereocenters. The van der Waals surface area contributed by atoms with E-state index < -0.39 is 0 Å². The van der Waals surface area contributed by atoms with Gasteiger partial charge < -0.3 is 9.80 Å². The number of amidine groups is 1. The van der Waals surface area contributed by atoms with E-state index in [-0.39, 0.29) is 0 Å². The number of fused-ring (bicyclic) bond motifs is 3. The summed E-state index contributed by atoms with van der Waals surface area (Å²) >= 11 is 0. The van der Waals surface area contributed by atoms with Crippen LogP contribution in [0.3, 0.4) is 0 Å². The van der Waals surface area contributed by atoms with Crippen LogP contribution in [-0.2, 0) is 6.42 Å². The lowest BCUT2D eigenvalue weighted by Crippen LogP contribution is -2.47. The number of aliphatic imine (C=N–C) groups is 1. The van der Waals surface area contributed by atoms with E-state index in [9.17, 15) is 0 Å². The molecule has 0 spiro atoms. The van der Waals surface area contributed by atoms with E-state index in [0.29, 0.717) is 0 Å². The second kappa shape index (κ2) is 5.11. The second-order valence-corrected chi connectivity index (χ2v) is 5.96. The van der Waals surface area contributed by atoms with Crippen molar-refractivity contribution in [1.29, 1.82) is 0 Å². The Morgan fingerprint density at radius 2 is 1.81 bits per heavy atom. The molecule has 0 amide bonds. The van der Waals surface area contributed by atoms with Gasteiger partial charge in [-0.05, 0) is 13.5 Å². The average Bonchev–Trinajstić information content (AvgIpc) is 2.55. The van der Waals surface area contributed by atoms with Crippen LogP contribution >= 0.6 is 0 Å². The number of benzene rings is 1. The van der Waals surface area contributed by atoms with Gasteiger partial charge in [0.1, 0.15) is 5.84 Å². The molecule has 2 aliphatic rings. The fourth-order valence-corrected chi connectivity index (χ4v) is 3.21. The number of nitrogens with zero attached hydrogens (tertiary/aromatic N) is 4. The maximum absolute atomic E-state index is 4.98. The molecule has 1 aromatic carbocycles. The normalized spacial score (nSPS) is 19.5. The lowest BCUT2D eigenvalue weighted by molar-refractivity contribution is 0.213. The number of aryl methyl sites for hydroxylation is 1. The topological polar surface area (TPSA) is 31.7 Å². The highest BCUT2D eigenvalue weighted by Crippen LogP contribution is 2.32. The molecule has 4 rings (SSSR count). The molecule has 1 aromatic heterocycles. The first-order valence-corrected chi connectivity index (χ1v) is 7.69. The van der Waals surface area contributed by atoms with Crippen molar-refractivity contribution in [3.8, 4) is 0 Å². The number of pyridine rings is 1. The van der Waals surface area contributed by atoms with Crippen molar-refractivity contribution in [2.24, 2.45) is 4.99 Å². The van der Waals surface area contributed by atoms with Gasteiger partial charge in [0.15, 0.2) is 0 Å². The quantitative estimate of drug-likeness (QED) is 0.743. The smallest absolute Gasteiger partial charge is 0.105 e. The van der Waals surface area contributed by atoms with Crippen molar-refractivity contribution >= 4 is 22.3 Å². The zero-order chi connectivity index (χ0) is 14.2. The van der Waals surface area contributed by atoms with Gasteiger partial charge in [0, 0.05) is 49.6 Å². The first-order chi connectivity index (χ1) is 10.3. The Morgan fingerprint density at radius 3 is 2.67 bits per heavy atom. The van der Waals surface area contributed by atoms with Crippen molar-refractivity contribution in [3.05, 3.63) is 36.2 Å². The summed E-state index contributed by atoms with van der Waals surface area (Å²) in [5.41, 5.74) is 2.24. The minimum absolute atomic E-state index is 1.01. The third-order valence-electron chi connectivity index (χ3n) is 4.54. The molecule has 0 aliphatic carbocycles. The predicted octanol–water partition coefficient (Wildman–Crippen LogP) is 2.46. The molecule has 1 saturated heterocycles. The van der Waals surface area contributed by atoms with Crippen LogP contribution in [0.25, 0.3) is 10.8 Å². The molecule has 2 aromatic rings. The fourth-order valence-electron chi connectivity index (χ4n) is 3.21. The van der Waals surface area contributed by atoms with Crippen LogP contribution in [0.4, 0.5) is 5.69 Å². The molecule has 4 heteroatoms. The predicted molar refractivity (Wildman–Crippen MR) is 86.2 cm³/mol. The van der Waals surface area contributed by atoms with Gasteiger partial charge in [-0.15, -0.1) is 0 Å². The zero-order valence-corrected chi connectivity index (χ0v) is 12.4. The standard InChI is InChI=1S/C17H20N4/c1-20-8-10-21(11-9-20)16-7-6-15-17(19-16)14-5-3-2-4-13(14)12-18-15/h2-5,12H,6-11H2,1H3. The van der Waals surface area contributed by atoms with Gasteiger partial charge in [-0.2, -0.15) is 0 Å². The lowest BCUT2D eigenvalue weighted by atomic mass is 10.0. The summed E-state index contributed by atoms with van der Waals surface area (Å²) in [5.74, 6) is 1.24. The number of rotatable bonds is 0. The molecule has 0 bridgehead atoms. The van der Waals surface area contributed by atoms with Crippen molar-refractivity contribution in [2.75, 3.05) is 33.2 Å². The van der Waals surface area contributed by atoms with Crippen molar-refractivity contribution in [2.45, 2.75) is 12.8 Å². The Bertz CT molecular complexity index is 699. The van der Waals surface area contributed by atoms with E-state index in [1.165, 1.54) is 16.6 Å².